The Bertz CT molecular complexity index is 788. The Morgan fingerprint density at radius 2 is 2.09 bits per heavy atom. The summed E-state index contributed by atoms with van der Waals surface area (Å²) < 4.78 is 1.77. The van der Waals surface area contributed by atoms with E-state index in [1.54, 1.807) is 17.1 Å². The number of carbonyl (C=O) groups excluding carboxylic acids is 1. The number of nitrogens with one attached hydrogen (secondary N) is 1. The largest absolute Gasteiger partial charge is 0.334 e. The average molecular weight is 293 g/mol. The molecule has 1 aromatic carbocycles. The lowest BCUT2D eigenvalue weighted by Gasteiger charge is -2.26. The van der Waals surface area contributed by atoms with E-state index in [0.717, 1.165) is 29.9 Å². The van der Waals surface area contributed by atoms with Gasteiger partial charge in [0.25, 0.3) is 5.91 Å². The molecule has 0 unspecified atom stereocenters. The minimum atomic E-state index is 0.0545. The average Bonchev–Trinajstić information content (AvgIpc) is 3.25. The first-order chi connectivity index (χ1) is 10.8. The zero-order valence-corrected chi connectivity index (χ0v) is 11.9. The van der Waals surface area contributed by atoms with Crippen molar-refractivity contribution in [2.75, 3.05) is 6.54 Å². The highest BCUT2D eigenvalue weighted by Gasteiger charge is 2.22. The maximum absolute atomic E-state index is 12.6. The summed E-state index contributed by atoms with van der Waals surface area (Å²) in [5, 5.41) is 11.2. The van der Waals surface area contributed by atoms with E-state index in [2.05, 4.69) is 15.3 Å². The number of aromatic amines is 1. The second kappa shape index (κ2) is 5.14. The summed E-state index contributed by atoms with van der Waals surface area (Å²) in [4.78, 5) is 14.5. The van der Waals surface area contributed by atoms with Gasteiger partial charge in [-0.1, -0.05) is 0 Å². The summed E-state index contributed by atoms with van der Waals surface area (Å²) in [7, 11) is 0. The Labute approximate surface area is 127 Å². The van der Waals surface area contributed by atoms with Crippen LogP contribution in [0.3, 0.4) is 0 Å². The first-order valence-corrected chi connectivity index (χ1v) is 7.22. The van der Waals surface area contributed by atoms with Crippen molar-refractivity contribution < 1.29 is 4.79 Å². The van der Waals surface area contributed by atoms with Crippen molar-refractivity contribution in [3.05, 3.63) is 65.7 Å². The van der Waals surface area contributed by atoms with Gasteiger partial charge in [0, 0.05) is 48.7 Å². The van der Waals surface area contributed by atoms with E-state index in [-0.39, 0.29) is 5.91 Å². The lowest BCUT2D eigenvalue weighted by Crippen LogP contribution is -2.35. The molecule has 0 fully saturated rings. The zero-order valence-electron chi connectivity index (χ0n) is 11.9. The molecule has 110 valence electrons. The summed E-state index contributed by atoms with van der Waals surface area (Å²) in [5.74, 6) is 0.0545. The fraction of sp³-hybridized carbons (Fsp3) is 0.188. The lowest BCUT2D eigenvalue weighted by atomic mass is 10.1. The molecule has 1 aliphatic rings. The standard InChI is InChI=1S/C16H15N5O/c22-16(20-9-6-15-13(11-20)10-17-19-15)12-2-4-14(5-3-12)21-8-1-7-18-21/h1-5,7-8,10H,6,9,11H2,(H,17,19). The molecule has 1 aliphatic heterocycles. The van der Waals surface area contributed by atoms with Crippen molar-refractivity contribution in [1.29, 1.82) is 0 Å². The molecule has 0 spiro atoms. The smallest absolute Gasteiger partial charge is 0.254 e. The summed E-state index contributed by atoms with van der Waals surface area (Å²) in [6, 6.07) is 9.39. The Morgan fingerprint density at radius 3 is 2.86 bits per heavy atom. The molecule has 0 saturated heterocycles. The summed E-state index contributed by atoms with van der Waals surface area (Å²) in [5.41, 5.74) is 3.88. The Hall–Kier alpha value is -2.89. The number of rotatable bonds is 2. The van der Waals surface area contributed by atoms with Crippen LogP contribution in [0.25, 0.3) is 5.69 Å². The van der Waals surface area contributed by atoms with Crippen molar-refractivity contribution in [2.45, 2.75) is 13.0 Å². The molecule has 0 saturated carbocycles. The molecule has 6 heteroatoms. The first-order valence-electron chi connectivity index (χ1n) is 7.22. The van der Waals surface area contributed by atoms with E-state index < -0.39 is 0 Å². The second-order valence-corrected chi connectivity index (χ2v) is 5.35. The Morgan fingerprint density at radius 1 is 1.23 bits per heavy atom. The number of H-pyrrole nitrogens is 1. The molecule has 0 bridgehead atoms. The van der Waals surface area contributed by atoms with E-state index in [4.69, 9.17) is 0 Å². The van der Waals surface area contributed by atoms with Crippen molar-refractivity contribution in [1.82, 2.24) is 24.9 Å². The van der Waals surface area contributed by atoms with Crippen LogP contribution in [0.4, 0.5) is 0 Å². The number of nitrogens with zero attached hydrogens (tertiary/aromatic N) is 4. The van der Waals surface area contributed by atoms with Crippen LogP contribution in [0.15, 0.2) is 48.9 Å². The highest BCUT2D eigenvalue weighted by molar-refractivity contribution is 5.94. The van der Waals surface area contributed by atoms with Crippen molar-refractivity contribution in [2.24, 2.45) is 0 Å². The normalized spacial score (nSPS) is 13.9. The van der Waals surface area contributed by atoms with E-state index in [1.807, 2.05) is 41.4 Å². The summed E-state index contributed by atoms with van der Waals surface area (Å²) >= 11 is 0. The van der Waals surface area contributed by atoms with Gasteiger partial charge in [0.15, 0.2) is 0 Å². The number of hydrogen-bond acceptors (Lipinski definition) is 3. The lowest BCUT2D eigenvalue weighted by molar-refractivity contribution is 0.0734. The first kappa shape index (κ1) is 12.8. The molecule has 0 aliphatic carbocycles. The maximum atomic E-state index is 12.6. The van der Waals surface area contributed by atoms with Crippen molar-refractivity contribution in [3.8, 4) is 5.69 Å². The van der Waals surface area contributed by atoms with Crippen molar-refractivity contribution >= 4 is 5.91 Å². The van der Waals surface area contributed by atoms with E-state index in [9.17, 15) is 4.79 Å². The SMILES string of the molecule is O=C(c1ccc(-n2cccn2)cc1)N1CCc2[nH]ncc2C1. The fourth-order valence-electron chi connectivity index (χ4n) is 2.76. The van der Waals surface area contributed by atoms with Crippen LogP contribution in [-0.2, 0) is 13.0 Å². The van der Waals surface area contributed by atoms with Gasteiger partial charge in [0.05, 0.1) is 11.9 Å². The van der Waals surface area contributed by atoms with Crippen LogP contribution >= 0.6 is 0 Å². The number of fused-ring (bicyclic) bond motifs is 1. The highest BCUT2D eigenvalue weighted by Crippen LogP contribution is 2.19. The van der Waals surface area contributed by atoms with Gasteiger partial charge in [0.2, 0.25) is 0 Å². The second-order valence-electron chi connectivity index (χ2n) is 5.35. The molecule has 0 atom stereocenters. The molecule has 4 rings (SSSR count). The molecule has 0 radical (unpaired) electrons. The molecule has 3 heterocycles. The summed E-state index contributed by atoms with van der Waals surface area (Å²) in [6.07, 6.45) is 6.24. The zero-order chi connectivity index (χ0) is 14.9. The Kier molecular flexibility index (Phi) is 3.00. The van der Waals surface area contributed by atoms with Crippen LogP contribution in [0.1, 0.15) is 21.6 Å². The monoisotopic (exact) mass is 293 g/mol. The number of aromatic nitrogens is 4. The maximum Gasteiger partial charge on any atom is 0.254 e. The van der Waals surface area contributed by atoms with Gasteiger partial charge in [-0.2, -0.15) is 10.2 Å². The predicted molar refractivity (Wildman–Crippen MR) is 80.6 cm³/mol. The molecule has 6 nitrogen and oxygen atoms in total. The predicted octanol–water partition coefficient (Wildman–Crippen LogP) is 1.79. The van der Waals surface area contributed by atoms with Gasteiger partial charge < -0.3 is 4.90 Å². The van der Waals surface area contributed by atoms with Crippen LogP contribution in [0.2, 0.25) is 0 Å². The topological polar surface area (TPSA) is 66.8 Å². The quantitative estimate of drug-likeness (QED) is 0.783. The molecular weight excluding hydrogens is 278 g/mol. The third kappa shape index (κ3) is 2.18. The van der Waals surface area contributed by atoms with Crippen molar-refractivity contribution in [3.63, 3.8) is 0 Å². The summed E-state index contributed by atoms with van der Waals surface area (Å²) in [6.45, 7) is 1.33. The minimum absolute atomic E-state index is 0.0545. The highest BCUT2D eigenvalue weighted by atomic mass is 16.2. The number of benzene rings is 1. The third-order valence-corrected chi connectivity index (χ3v) is 3.97. The third-order valence-electron chi connectivity index (χ3n) is 3.97. The van der Waals surface area contributed by atoms with Crippen LogP contribution in [-0.4, -0.2) is 37.3 Å². The number of carbonyl (C=O) groups is 1. The molecule has 2 aromatic heterocycles. The van der Waals surface area contributed by atoms with Gasteiger partial charge in [0.1, 0.15) is 0 Å². The number of amides is 1. The fourth-order valence-corrected chi connectivity index (χ4v) is 2.76. The van der Waals surface area contributed by atoms with Gasteiger partial charge in [-0.3, -0.25) is 9.89 Å². The van der Waals surface area contributed by atoms with Crippen LogP contribution in [0, 0.1) is 0 Å². The number of hydrogen-bond donors (Lipinski definition) is 1. The molecule has 3 aromatic rings. The van der Waals surface area contributed by atoms with Gasteiger partial charge >= 0.3 is 0 Å². The van der Waals surface area contributed by atoms with Gasteiger partial charge in [-0.25, -0.2) is 4.68 Å². The Balaban J connectivity index is 1.54. The van der Waals surface area contributed by atoms with Gasteiger partial charge in [-0.15, -0.1) is 0 Å². The van der Waals surface area contributed by atoms with Gasteiger partial charge in [-0.05, 0) is 30.3 Å². The minimum Gasteiger partial charge on any atom is -0.334 e. The molecule has 1 amide bonds. The van der Waals surface area contributed by atoms with E-state index in [1.165, 1.54) is 0 Å². The van der Waals surface area contributed by atoms with Crippen LogP contribution < -0.4 is 0 Å². The van der Waals surface area contributed by atoms with E-state index >= 15 is 0 Å². The van der Waals surface area contributed by atoms with Crippen LogP contribution in [0.5, 0.6) is 0 Å². The molecule has 22 heavy (non-hydrogen) atoms. The molecular formula is C16H15N5O. The molecule has 1 N–H and O–H groups in total. The van der Waals surface area contributed by atoms with E-state index in [0.29, 0.717) is 12.1 Å².